The number of methoxy groups -OCH3 is 1. The van der Waals surface area contributed by atoms with Crippen LogP contribution in [0.5, 0.6) is 5.06 Å². The molecule has 0 amide bonds. The minimum Gasteiger partial charge on any atom is -0.487 e. The molecule has 0 aliphatic carbocycles. The summed E-state index contributed by atoms with van der Waals surface area (Å²) in [6.45, 7) is 0. The van der Waals surface area contributed by atoms with Crippen LogP contribution in [0, 0.1) is 0 Å². The average Bonchev–Trinajstić information content (AvgIpc) is 2.86. The number of aldehydes is 1. The lowest BCUT2D eigenvalue weighted by molar-refractivity contribution is 0.112. The van der Waals surface area contributed by atoms with E-state index >= 15 is 0 Å². The van der Waals surface area contributed by atoms with E-state index in [0.29, 0.717) is 0 Å². The van der Waals surface area contributed by atoms with Gasteiger partial charge in [-0.3, -0.25) is 4.79 Å². The Morgan fingerprint density at radius 1 is 1.14 bits per heavy atom. The Labute approximate surface area is 89.8 Å². The van der Waals surface area contributed by atoms with E-state index in [4.69, 9.17) is 4.74 Å². The second-order valence-corrected chi connectivity index (χ2v) is 4.80. The number of hydrogen-bond donors (Lipinski definition) is 0. The van der Waals surface area contributed by atoms with Crippen molar-refractivity contribution in [2.45, 2.75) is 0 Å². The van der Waals surface area contributed by atoms with Gasteiger partial charge in [0.2, 0.25) is 0 Å². The molecule has 0 spiro atoms. The first kappa shape index (κ1) is 9.43. The highest BCUT2D eigenvalue weighted by atomic mass is 32.1. The highest BCUT2D eigenvalue weighted by molar-refractivity contribution is 7.23. The largest absolute Gasteiger partial charge is 0.487 e. The van der Waals surface area contributed by atoms with Gasteiger partial charge in [0.25, 0.3) is 0 Å². The summed E-state index contributed by atoms with van der Waals surface area (Å²) >= 11 is 3.08. The first-order valence-electron chi connectivity index (χ1n) is 4.02. The fourth-order valence-electron chi connectivity index (χ4n) is 1.11. The summed E-state index contributed by atoms with van der Waals surface area (Å²) in [4.78, 5) is 13.5. The van der Waals surface area contributed by atoms with Crippen LogP contribution in [0.2, 0.25) is 0 Å². The van der Waals surface area contributed by atoms with Gasteiger partial charge in [-0.2, -0.15) is 0 Å². The summed E-state index contributed by atoms with van der Waals surface area (Å²) in [5.41, 5.74) is 0. The molecule has 2 aromatic rings. The van der Waals surface area contributed by atoms with Gasteiger partial charge in [0.1, 0.15) is 0 Å². The molecular formula is C10H8O2S2. The lowest BCUT2D eigenvalue weighted by Crippen LogP contribution is -1.73. The Balaban J connectivity index is 2.33. The Bertz CT molecular complexity index is 442. The zero-order valence-corrected chi connectivity index (χ0v) is 9.15. The summed E-state index contributed by atoms with van der Waals surface area (Å²) < 4.78 is 5.10. The average molecular weight is 224 g/mol. The van der Waals surface area contributed by atoms with Crippen molar-refractivity contribution in [3.05, 3.63) is 29.1 Å². The molecule has 2 heterocycles. The van der Waals surface area contributed by atoms with Gasteiger partial charge in [-0.25, -0.2) is 0 Å². The van der Waals surface area contributed by atoms with Crippen molar-refractivity contribution < 1.29 is 9.53 Å². The van der Waals surface area contributed by atoms with Crippen LogP contribution in [-0.4, -0.2) is 13.4 Å². The molecule has 0 saturated carbocycles. The molecule has 0 atom stereocenters. The van der Waals surface area contributed by atoms with Gasteiger partial charge in [-0.15, -0.1) is 11.3 Å². The number of rotatable bonds is 3. The number of ether oxygens (including phenoxy) is 1. The summed E-state index contributed by atoms with van der Waals surface area (Å²) in [5.74, 6) is 0. The second-order valence-electron chi connectivity index (χ2n) is 2.64. The van der Waals surface area contributed by atoms with Crippen molar-refractivity contribution in [3.8, 4) is 14.8 Å². The monoisotopic (exact) mass is 224 g/mol. The van der Waals surface area contributed by atoms with Crippen LogP contribution in [0.4, 0.5) is 0 Å². The standard InChI is InChI=1S/C10H8O2S2/c1-12-10-5-4-9(14-10)8-3-2-7(6-11)13-8/h2-6H,1H3. The molecule has 0 aliphatic rings. The van der Waals surface area contributed by atoms with Gasteiger partial charge in [0.05, 0.1) is 12.0 Å². The van der Waals surface area contributed by atoms with E-state index in [-0.39, 0.29) is 0 Å². The lowest BCUT2D eigenvalue weighted by Gasteiger charge is -1.90. The van der Waals surface area contributed by atoms with Gasteiger partial charge < -0.3 is 4.74 Å². The molecule has 2 nitrogen and oxygen atoms in total. The Morgan fingerprint density at radius 3 is 2.43 bits per heavy atom. The molecule has 0 saturated heterocycles. The van der Waals surface area contributed by atoms with E-state index in [1.165, 1.54) is 11.3 Å². The number of hydrogen-bond acceptors (Lipinski definition) is 4. The third-order valence-corrected chi connectivity index (χ3v) is 4.02. The molecule has 4 heteroatoms. The van der Waals surface area contributed by atoms with Crippen molar-refractivity contribution >= 4 is 29.0 Å². The van der Waals surface area contributed by atoms with E-state index in [2.05, 4.69) is 0 Å². The van der Waals surface area contributed by atoms with Crippen LogP contribution in [0.15, 0.2) is 24.3 Å². The quantitative estimate of drug-likeness (QED) is 0.748. The molecule has 0 radical (unpaired) electrons. The van der Waals surface area contributed by atoms with Gasteiger partial charge in [0.15, 0.2) is 11.3 Å². The van der Waals surface area contributed by atoms with Gasteiger partial charge in [0, 0.05) is 9.75 Å². The van der Waals surface area contributed by atoms with E-state index in [0.717, 1.165) is 26.0 Å². The third kappa shape index (κ3) is 1.71. The molecular weight excluding hydrogens is 216 g/mol. The van der Waals surface area contributed by atoms with Crippen LogP contribution in [0.1, 0.15) is 9.67 Å². The van der Waals surface area contributed by atoms with Crippen LogP contribution >= 0.6 is 22.7 Å². The number of carbonyl (C=O) groups is 1. The molecule has 2 aromatic heterocycles. The molecule has 0 aromatic carbocycles. The lowest BCUT2D eigenvalue weighted by atomic mass is 10.4. The predicted molar refractivity (Wildman–Crippen MR) is 59.6 cm³/mol. The summed E-state index contributed by atoms with van der Waals surface area (Å²) in [5, 5.41) is 0.890. The first-order chi connectivity index (χ1) is 6.83. The maximum Gasteiger partial charge on any atom is 0.173 e. The van der Waals surface area contributed by atoms with Crippen molar-refractivity contribution in [1.82, 2.24) is 0 Å². The van der Waals surface area contributed by atoms with Gasteiger partial charge in [-0.1, -0.05) is 11.3 Å². The molecule has 0 aliphatic heterocycles. The first-order valence-corrected chi connectivity index (χ1v) is 5.66. The normalized spacial score (nSPS) is 10.1. The Hall–Kier alpha value is -1.13. The maximum absolute atomic E-state index is 10.5. The van der Waals surface area contributed by atoms with Gasteiger partial charge in [-0.05, 0) is 24.3 Å². The fraction of sp³-hybridized carbons (Fsp3) is 0.100. The van der Waals surface area contributed by atoms with Crippen LogP contribution in [-0.2, 0) is 0 Å². The molecule has 72 valence electrons. The Morgan fingerprint density at radius 2 is 1.86 bits per heavy atom. The van der Waals surface area contributed by atoms with Crippen molar-refractivity contribution in [1.29, 1.82) is 0 Å². The van der Waals surface area contributed by atoms with Crippen LogP contribution in [0.25, 0.3) is 9.75 Å². The predicted octanol–water partition coefficient (Wildman–Crippen LogP) is 3.30. The molecule has 0 N–H and O–H groups in total. The highest BCUT2D eigenvalue weighted by Crippen LogP contribution is 2.36. The smallest absolute Gasteiger partial charge is 0.173 e. The topological polar surface area (TPSA) is 26.3 Å². The summed E-state index contributed by atoms with van der Waals surface area (Å²) in [6.07, 6.45) is 0.874. The SMILES string of the molecule is COc1ccc(-c2ccc(C=O)s2)s1. The van der Waals surface area contributed by atoms with Crippen molar-refractivity contribution in [3.63, 3.8) is 0 Å². The molecule has 0 unspecified atom stereocenters. The third-order valence-electron chi connectivity index (χ3n) is 1.77. The molecule has 0 fully saturated rings. The molecule has 2 rings (SSSR count). The summed E-state index contributed by atoms with van der Waals surface area (Å²) in [7, 11) is 1.65. The van der Waals surface area contributed by atoms with Crippen LogP contribution < -0.4 is 4.74 Å². The minimum absolute atomic E-state index is 0.757. The number of carbonyl (C=O) groups excluding carboxylic acids is 1. The van der Waals surface area contributed by atoms with E-state index in [1.807, 2.05) is 24.3 Å². The van der Waals surface area contributed by atoms with E-state index < -0.39 is 0 Å². The zero-order valence-electron chi connectivity index (χ0n) is 7.52. The van der Waals surface area contributed by atoms with Crippen molar-refractivity contribution in [2.24, 2.45) is 0 Å². The van der Waals surface area contributed by atoms with E-state index in [9.17, 15) is 4.79 Å². The summed E-state index contributed by atoms with van der Waals surface area (Å²) in [6, 6.07) is 7.73. The van der Waals surface area contributed by atoms with Crippen molar-refractivity contribution in [2.75, 3.05) is 7.11 Å². The zero-order chi connectivity index (χ0) is 9.97. The Kier molecular flexibility index (Phi) is 2.65. The van der Waals surface area contributed by atoms with E-state index in [1.54, 1.807) is 18.4 Å². The second kappa shape index (κ2) is 3.94. The van der Waals surface area contributed by atoms with Crippen LogP contribution in [0.3, 0.4) is 0 Å². The molecule has 14 heavy (non-hydrogen) atoms. The number of thiophene rings is 2. The fourth-order valence-corrected chi connectivity index (χ4v) is 2.84. The maximum atomic E-state index is 10.5. The molecule has 0 bridgehead atoms. The highest BCUT2D eigenvalue weighted by Gasteiger charge is 2.05. The minimum atomic E-state index is 0.757. The van der Waals surface area contributed by atoms with Gasteiger partial charge >= 0.3 is 0 Å².